The van der Waals surface area contributed by atoms with Crippen molar-refractivity contribution < 1.29 is 18.0 Å². The topological polar surface area (TPSA) is 46.3 Å². The zero-order chi connectivity index (χ0) is 15.8. The molecule has 2 rings (SSSR count). The number of nitrogens with zero attached hydrogens (tertiary/aromatic N) is 1. The first kappa shape index (κ1) is 15.8. The van der Waals surface area contributed by atoms with Crippen molar-refractivity contribution in [1.82, 2.24) is 4.90 Å². The van der Waals surface area contributed by atoms with Crippen molar-refractivity contribution in [3.05, 3.63) is 34.9 Å². The lowest BCUT2D eigenvalue weighted by molar-refractivity contribution is -0.184. The lowest BCUT2D eigenvalue weighted by atomic mass is 9.96. The summed E-state index contributed by atoms with van der Waals surface area (Å²) in [5, 5.41) is 0. The fourth-order valence-corrected chi connectivity index (χ4v) is 2.60. The molecule has 116 valence electrons. The normalized spacial score (nSPS) is 23.2. The highest BCUT2D eigenvalue weighted by Gasteiger charge is 2.47. The minimum Gasteiger partial charge on any atom is -0.326 e. The second-order valence-corrected chi connectivity index (χ2v) is 5.65. The van der Waals surface area contributed by atoms with E-state index in [0.29, 0.717) is 0 Å². The minimum atomic E-state index is -4.42. The van der Waals surface area contributed by atoms with Gasteiger partial charge in [-0.1, -0.05) is 6.07 Å². The van der Waals surface area contributed by atoms with E-state index in [1.807, 2.05) is 13.8 Å². The van der Waals surface area contributed by atoms with Gasteiger partial charge in [-0.3, -0.25) is 4.79 Å². The molecule has 1 heterocycles. The van der Waals surface area contributed by atoms with Gasteiger partial charge in [-0.2, -0.15) is 13.2 Å². The highest BCUT2D eigenvalue weighted by molar-refractivity contribution is 5.94. The molecule has 1 amide bonds. The van der Waals surface area contributed by atoms with Gasteiger partial charge >= 0.3 is 6.18 Å². The average molecular weight is 300 g/mol. The molecule has 0 spiro atoms. The summed E-state index contributed by atoms with van der Waals surface area (Å²) in [6, 6.07) is 2.80. The Morgan fingerprint density at radius 3 is 2.48 bits per heavy atom. The third kappa shape index (κ3) is 3.37. The fraction of sp³-hybridized carbons (Fsp3) is 0.533. The molecule has 3 nitrogen and oxygen atoms in total. The van der Waals surface area contributed by atoms with Crippen molar-refractivity contribution >= 4 is 5.91 Å². The molecule has 0 saturated carbocycles. The Kier molecular flexibility index (Phi) is 4.27. The Balaban J connectivity index is 2.31. The van der Waals surface area contributed by atoms with Crippen LogP contribution in [0.2, 0.25) is 0 Å². The van der Waals surface area contributed by atoms with E-state index in [0.717, 1.165) is 16.0 Å². The maximum Gasteiger partial charge on any atom is 0.408 e. The quantitative estimate of drug-likeness (QED) is 0.867. The molecule has 0 bridgehead atoms. The molecule has 0 aromatic heterocycles. The summed E-state index contributed by atoms with van der Waals surface area (Å²) in [6.07, 6.45) is -4.28. The molecular weight excluding hydrogens is 281 g/mol. The standard InChI is InChI=1S/C15H19F3N2O/c1-9-3-4-11(7-10(9)2)14(21)20-8-12(19)5-6-13(20)15(16,17)18/h3-4,7,12-13H,5-6,8,19H2,1-2H3/t12-,13-/m0/s1. The number of nitrogens with two attached hydrogens (primary N) is 1. The minimum absolute atomic E-state index is 0.0596. The van der Waals surface area contributed by atoms with Crippen LogP contribution < -0.4 is 5.73 Å². The summed E-state index contributed by atoms with van der Waals surface area (Å²) < 4.78 is 39.3. The van der Waals surface area contributed by atoms with Gasteiger partial charge in [0, 0.05) is 18.2 Å². The number of halogens is 3. The number of carbonyl (C=O) groups is 1. The Morgan fingerprint density at radius 2 is 1.90 bits per heavy atom. The van der Waals surface area contributed by atoms with Crippen LogP contribution in [-0.2, 0) is 0 Å². The van der Waals surface area contributed by atoms with Gasteiger partial charge < -0.3 is 10.6 Å². The van der Waals surface area contributed by atoms with E-state index in [4.69, 9.17) is 5.73 Å². The number of benzene rings is 1. The first-order chi connectivity index (χ1) is 9.70. The van der Waals surface area contributed by atoms with Gasteiger partial charge in [0.2, 0.25) is 0 Å². The molecule has 21 heavy (non-hydrogen) atoms. The Labute approximate surface area is 121 Å². The number of aryl methyl sites for hydroxylation is 2. The summed E-state index contributed by atoms with van der Waals surface area (Å²) in [4.78, 5) is 13.3. The second-order valence-electron chi connectivity index (χ2n) is 5.65. The van der Waals surface area contributed by atoms with Crippen LogP contribution in [0.5, 0.6) is 0 Å². The summed E-state index contributed by atoms with van der Waals surface area (Å²) >= 11 is 0. The molecule has 1 aromatic rings. The molecule has 1 aromatic carbocycles. The maximum absolute atomic E-state index is 13.1. The second kappa shape index (κ2) is 5.67. The number of alkyl halides is 3. The molecule has 1 fully saturated rings. The van der Waals surface area contributed by atoms with Crippen molar-refractivity contribution in [1.29, 1.82) is 0 Å². The number of hydrogen-bond donors (Lipinski definition) is 1. The highest BCUT2D eigenvalue weighted by Crippen LogP contribution is 2.32. The van der Waals surface area contributed by atoms with Gasteiger partial charge in [0.25, 0.3) is 5.91 Å². The summed E-state index contributed by atoms with van der Waals surface area (Å²) in [5.41, 5.74) is 7.89. The number of carbonyl (C=O) groups excluding carboxylic acids is 1. The third-order valence-electron chi connectivity index (χ3n) is 4.01. The van der Waals surface area contributed by atoms with Crippen LogP contribution >= 0.6 is 0 Å². The van der Waals surface area contributed by atoms with Crippen molar-refractivity contribution in [2.75, 3.05) is 6.54 Å². The molecule has 2 N–H and O–H groups in total. The van der Waals surface area contributed by atoms with Gasteiger partial charge in [0.1, 0.15) is 6.04 Å². The van der Waals surface area contributed by atoms with Gasteiger partial charge in [0.05, 0.1) is 0 Å². The van der Waals surface area contributed by atoms with Crippen LogP contribution in [0.15, 0.2) is 18.2 Å². The maximum atomic E-state index is 13.1. The van der Waals surface area contributed by atoms with Crippen LogP contribution in [0.4, 0.5) is 13.2 Å². The molecule has 0 radical (unpaired) electrons. The molecule has 1 aliphatic heterocycles. The van der Waals surface area contributed by atoms with E-state index in [1.54, 1.807) is 18.2 Å². The third-order valence-corrected chi connectivity index (χ3v) is 4.01. The van der Waals surface area contributed by atoms with Crippen LogP contribution in [0.1, 0.15) is 34.3 Å². The first-order valence-electron chi connectivity index (χ1n) is 6.90. The number of likely N-dealkylation sites (tertiary alicyclic amines) is 1. The monoisotopic (exact) mass is 300 g/mol. The molecule has 0 aliphatic carbocycles. The average Bonchev–Trinajstić information content (AvgIpc) is 2.39. The predicted octanol–water partition coefficient (Wildman–Crippen LogP) is 2.80. The van der Waals surface area contributed by atoms with Crippen molar-refractivity contribution in [3.63, 3.8) is 0 Å². The van der Waals surface area contributed by atoms with Crippen molar-refractivity contribution in [2.45, 2.75) is 44.9 Å². The summed E-state index contributed by atoms with van der Waals surface area (Å²) in [6.45, 7) is 3.66. The van der Waals surface area contributed by atoms with Gasteiger partial charge in [-0.05, 0) is 49.9 Å². The molecule has 1 aliphatic rings. The smallest absolute Gasteiger partial charge is 0.326 e. The van der Waals surface area contributed by atoms with Crippen molar-refractivity contribution in [2.24, 2.45) is 5.73 Å². The Hall–Kier alpha value is -1.56. The molecule has 6 heteroatoms. The highest BCUT2D eigenvalue weighted by atomic mass is 19.4. The predicted molar refractivity (Wildman–Crippen MR) is 74.0 cm³/mol. The molecule has 0 unspecified atom stereocenters. The number of hydrogen-bond acceptors (Lipinski definition) is 2. The fourth-order valence-electron chi connectivity index (χ4n) is 2.60. The number of amides is 1. The summed E-state index contributed by atoms with van der Waals surface area (Å²) in [5.74, 6) is -0.601. The molecule has 1 saturated heterocycles. The SMILES string of the molecule is Cc1ccc(C(=O)N2C[C@@H](N)CC[C@H]2C(F)(F)F)cc1C. The number of piperidine rings is 1. The van der Waals surface area contributed by atoms with Gasteiger partial charge in [-0.25, -0.2) is 0 Å². The van der Waals surface area contributed by atoms with E-state index < -0.39 is 24.2 Å². The largest absolute Gasteiger partial charge is 0.408 e. The molecular formula is C15H19F3N2O. The Bertz CT molecular complexity index is 542. The molecule has 2 atom stereocenters. The lowest BCUT2D eigenvalue weighted by Gasteiger charge is -2.39. The first-order valence-corrected chi connectivity index (χ1v) is 6.90. The van der Waals surface area contributed by atoms with E-state index >= 15 is 0 Å². The van der Waals surface area contributed by atoms with E-state index in [1.165, 1.54) is 0 Å². The lowest BCUT2D eigenvalue weighted by Crippen LogP contribution is -2.56. The van der Waals surface area contributed by atoms with E-state index in [2.05, 4.69) is 0 Å². The number of rotatable bonds is 1. The van der Waals surface area contributed by atoms with Gasteiger partial charge in [0.15, 0.2) is 0 Å². The van der Waals surface area contributed by atoms with Crippen molar-refractivity contribution in [3.8, 4) is 0 Å². The van der Waals surface area contributed by atoms with Crippen LogP contribution in [0.25, 0.3) is 0 Å². The zero-order valence-electron chi connectivity index (χ0n) is 12.1. The van der Waals surface area contributed by atoms with Crippen LogP contribution in [0, 0.1) is 13.8 Å². The van der Waals surface area contributed by atoms with Crippen LogP contribution in [-0.4, -0.2) is 35.6 Å². The Morgan fingerprint density at radius 1 is 1.24 bits per heavy atom. The van der Waals surface area contributed by atoms with E-state index in [-0.39, 0.29) is 24.9 Å². The van der Waals surface area contributed by atoms with Gasteiger partial charge in [-0.15, -0.1) is 0 Å². The van der Waals surface area contributed by atoms with Crippen LogP contribution in [0.3, 0.4) is 0 Å². The summed E-state index contributed by atoms with van der Waals surface area (Å²) in [7, 11) is 0. The van der Waals surface area contributed by atoms with E-state index in [9.17, 15) is 18.0 Å². The zero-order valence-corrected chi connectivity index (χ0v) is 12.1.